The van der Waals surface area contributed by atoms with Crippen molar-refractivity contribution in [3.63, 3.8) is 0 Å². The largest absolute Gasteiger partial charge is 0.409 e. The molecule has 4 nitrogen and oxygen atoms in total. The van der Waals surface area contributed by atoms with Crippen LogP contribution in [0.3, 0.4) is 0 Å². The third-order valence-corrected chi connectivity index (χ3v) is 7.83. The van der Waals surface area contributed by atoms with Crippen LogP contribution in [0.4, 0.5) is 0 Å². The van der Waals surface area contributed by atoms with Crippen LogP contribution in [-0.4, -0.2) is 5.78 Å². The summed E-state index contributed by atoms with van der Waals surface area (Å²) in [6.07, 6.45) is 5.21. The zero-order chi connectivity index (χ0) is 24.4. The minimum Gasteiger partial charge on any atom is -0.409 e. The Hall–Kier alpha value is -0.616. The summed E-state index contributed by atoms with van der Waals surface area (Å²) in [5, 5.41) is 4.03. The number of nitrogens with two attached hydrogens (primary N) is 1. The van der Waals surface area contributed by atoms with Crippen LogP contribution in [0, 0.1) is 37.0 Å². The Morgan fingerprint density at radius 3 is 2.27 bits per heavy atom. The molecule has 1 radical (unpaired) electrons. The zero-order valence-corrected chi connectivity index (χ0v) is 24.9. The van der Waals surface area contributed by atoms with Crippen molar-refractivity contribution in [3.8, 4) is 0 Å². The fourth-order valence-corrected chi connectivity index (χ4v) is 6.05. The number of hydrogen-bond donors (Lipinski definition) is 1. The summed E-state index contributed by atoms with van der Waals surface area (Å²) in [6.45, 7) is 20.3. The molecule has 0 spiro atoms. The average Bonchev–Trinajstić information content (AvgIpc) is 3.14. The monoisotopic (exact) mass is 546 g/mol. The molecular weight excluding hydrogens is 507 g/mol. The standard InChI is InChI=1S/C27H37O.H2NO2S.Y/c1-9-24-19(5)15-25(27(24,7)8)20(6)23-12-16(2)10-11-22(23)26(28)21-13-17(3)18(4)14-21;1-4(2)3;/h10-13,19-20,24-25H,5,9,14-15H2,1-4,6-8H3;(H2,1,2,3);/q2*-1;/t19?,20?,24-,25+;;/m1../s1. The number of aryl methyl sites for hydroxylation is 1. The van der Waals surface area contributed by atoms with Gasteiger partial charge in [-0.15, -0.1) is 0 Å². The Kier molecular flexibility index (Phi) is 11.4. The molecule has 0 bridgehead atoms. The molecule has 33 heavy (non-hydrogen) atoms. The fourth-order valence-electron chi connectivity index (χ4n) is 6.05. The van der Waals surface area contributed by atoms with E-state index in [1.807, 2.05) is 0 Å². The maximum absolute atomic E-state index is 13.4. The van der Waals surface area contributed by atoms with Gasteiger partial charge in [-0.2, -0.15) is 5.92 Å². The first-order valence-electron chi connectivity index (χ1n) is 11.5. The molecule has 1 saturated carbocycles. The second-order valence-corrected chi connectivity index (χ2v) is 10.7. The third-order valence-electron chi connectivity index (χ3n) is 7.83. The zero-order valence-electron chi connectivity index (χ0n) is 21.2. The molecule has 0 aromatic heterocycles. The summed E-state index contributed by atoms with van der Waals surface area (Å²) in [4.78, 5) is 13.4. The number of hydrogen-bond acceptors (Lipinski definition) is 4. The van der Waals surface area contributed by atoms with Crippen molar-refractivity contribution in [2.45, 2.75) is 73.6 Å². The summed E-state index contributed by atoms with van der Waals surface area (Å²) in [7, 11) is -2.36. The first-order valence-corrected chi connectivity index (χ1v) is 12.6. The summed E-state index contributed by atoms with van der Waals surface area (Å²) in [5.74, 6) is 2.27. The van der Waals surface area contributed by atoms with E-state index >= 15 is 0 Å². The molecule has 4 atom stereocenters. The molecule has 1 aromatic carbocycles. The Morgan fingerprint density at radius 1 is 1.24 bits per heavy atom. The molecule has 6 heteroatoms. The summed E-state index contributed by atoms with van der Waals surface area (Å²) >= 11 is 0. The van der Waals surface area contributed by atoms with Crippen LogP contribution in [0.15, 0.2) is 41.0 Å². The van der Waals surface area contributed by atoms with Gasteiger partial charge in [-0.05, 0) is 60.9 Å². The van der Waals surface area contributed by atoms with Gasteiger partial charge in [0.05, 0.1) is 0 Å². The van der Waals surface area contributed by atoms with E-state index in [9.17, 15) is 4.79 Å². The molecule has 3 rings (SSSR count). The molecular formula is C27H39NO3SY-2. The van der Waals surface area contributed by atoms with Crippen LogP contribution in [0.1, 0.15) is 88.2 Å². The molecule has 0 saturated heterocycles. The normalized spacial score (nSPS) is 24.7. The second kappa shape index (κ2) is 12.4. The van der Waals surface area contributed by atoms with Gasteiger partial charge in [0.25, 0.3) is 0 Å². The van der Waals surface area contributed by atoms with Gasteiger partial charge < -0.3 is 20.5 Å². The molecule has 2 aliphatic carbocycles. The molecule has 181 valence electrons. The number of allylic oxidation sites excluding steroid dienone is 4. The van der Waals surface area contributed by atoms with E-state index in [0.717, 1.165) is 24.0 Å². The minimum atomic E-state index is -2.36. The van der Waals surface area contributed by atoms with E-state index in [4.69, 9.17) is 8.42 Å². The molecule has 1 fully saturated rings. The molecule has 2 aliphatic rings. The van der Waals surface area contributed by atoms with Crippen molar-refractivity contribution in [1.29, 1.82) is 0 Å². The Bertz CT molecular complexity index is 999. The van der Waals surface area contributed by atoms with E-state index in [-0.39, 0.29) is 43.9 Å². The SMILES string of the molecule is N[S-](=O)=O.[CH2-]C1C[C@@H](C(C)c2cc(C)ccc2C(=O)C2=CC(C)=C(C)C2)C(C)(C)[C@@H]1CC.[Y]. The Morgan fingerprint density at radius 2 is 1.82 bits per heavy atom. The molecule has 0 amide bonds. The molecule has 0 heterocycles. The molecule has 2 unspecified atom stereocenters. The van der Waals surface area contributed by atoms with Crippen molar-refractivity contribution >= 4 is 16.7 Å². The van der Waals surface area contributed by atoms with Gasteiger partial charge in [-0.25, -0.2) is 0 Å². The van der Waals surface area contributed by atoms with Crippen molar-refractivity contribution in [1.82, 2.24) is 0 Å². The molecule has 0 aliphatic heterocycles. The van der Waals surface area contributed by atoms with Crippen molar-refractivity contribution in [2.75, 3.05) is 0 Å². The van der Waals surface area contributed by atoms with Crippen molar-refractivity contribution in [3.05, 3.63) is 64.6 Å². The smallest absolute Gasteiger partial charge is 0.189 e. The molecule has 2 N–H and O–H groups in total. The number of rotatable bonds is 5. The van der Waals surface area contributed by atoms with Gasteiger partial charge in [-0.3, -0.25) is 4.79 Å². The van der Waals surface area contributed by atoms with Gasteiger partial charge in [-0.1, -0.05) is 87.4 Å². The first kappa shape index (κ1) is 30.4. The summed E-state index contributed by atoms with van der Waals surface area (Å²) in [5.41, 5.74) is 7.11. The van der Waals surface area contributed by atoms with Crippen molar-refractivity contribution < 1.29 is 45.9 Å². The predicted molar refractivity (Wildman–Crippen MR) is 132 cm³/mol. The quantitative estimate of drug-likeness (QED) is 0.256. The minimum absolute atomic E-state index is 0. The van der Waals surface area contributed by atoms with E-state index in [1.54, 1.807) is 0 Å². The van der Waals surface area contributed by atoms with Gasteiger partial charge >= 0.3 is 0 Å². The number of Topliss-reactive ketones (excluding diaryl/α,β-unsaturated/α-hetero) is 1. The van der Waals surface area contributed by atoms with Crippen LogP contribution in [0.2, 0.25) is 0 Å². The second-order valence-electron chi connectivity index (χ2n) is 10.2. The predicted octanol–water partition coefficient (Wildman–Crippen LogP) is 6.64. The fraction of sp³-hybridized carbons (Fsp3) is 0.556. The van der Waals surface area contributed by atoms with E-state index in [2.05, 4.69) is 84.8 Å². The van der Waals surface area contributed by atoms with Gasteiger partial charge in [0.1, 0.15) is 0 Å². The van der Waals surface area contributed by atoms with E-state index in [0.29, 0.717) is 23.7 Å². The van der Waals surface area contributed by atoms with Gasteiger partial charge in [0.15, 0.2) is 5.78 Å². The Labute approximate surface area is 227 Å². The van der Waals surface area contributed by atoms with E-state index in [1.165, 1.54) is 28.7 Å². The number of benzene rings is 1. The van der Waals surface area contributed by atoms with Crippen LogP contribution < -0.4 is 5.14 Å². The van der Waals surface area contributed by atoms with E-state index < -0.39 is 10.9 Å². The van der Waals surface area contributed by atoms with Crippen LogP contribution in [0.5, 0.6) is 0 Å². The maximum atomic E-state index is 13.4. The summed E-state index contributed by atoms with van der Waals surface area (Å²) in [6, 6.07) is 6.41. The van der Waals surface area contributed by atoms with Gasteiger partial charge in [0, 0.05) is 43.8 Å². The number of carbonyl (C=O) groups excluding carboxylic acids is 1. The first-order chi connectivity index (χ1) is 14.8. The number of ketones is 1. The topological polar surface area (TPSA) is 77.2 Å². The maximum Gasteiger partial charge on any atom is 0.189 e. The van der Waals surface area contributed by atoms with Crippen LogP contribution in [0.25, 0.3) is 0 Å². The van der Waals surface area contributed by atoms with Gasteiger partial charge in [0.2, 0.25) is 0 Å². The van der Waals surface area contributed by atoms with Crippen molar-refractivity contribution in [2.24, 2.45) is 28.3 Å². The third kappa shape index (κ3) is 6.96. The molecule has 1 aromatic rings. The van der Waals surface area contributed by atoms with Crippen LogP contribution in [-0.2, 0) is 52.0 Å². The summed E-state index contributed by atoms with van der Waals surface area (Å²) < 4.78 is 17.6. The average molecular weight is 547 g/mol. The number of carbonyl (C=O) groups is 1. The van der Waals surface area contributed by atoms with Crippen LogP contribution >= 0.6 is 0 Å². The Balaban J connectivity index is 0.00000101.